The van der Waals surface area contributed by atoms with E-state index in [2.05, 4.69) is 4.98 Å². The maximum Gasteiger partial charge on any atom is 0.303 e. The normalized spacial score (nSPS) is 33.0. The number of aromatic nitrogens is 1. The quantitative estimate of drug-likeness (QED) is 0.508. The maximum atomic E-state index is 11.4. The molecule has 1 aliphatic carbocycles. The number of aliphatic hydroxyl groups is 1. The lowest BCUT2D eigenvalue weighted by Crippen LogP contribution is -2.57. The highest BCUT2D eigenvalue weighted by molar-refractivity contribution is 5.66. The van der Waals surface area contributed by atoms with Crippen molar-refractivity contribution in [2.75, 3.05) is 0 Å². The van der Waals surface area contributed by atoms with E-state index in [0.29, 0.717) is 5.56 Å². The van der Waals surface area contributed by atoms with Gasteiger partial charge in [0.05, 0.1) is 22.7 Å². The van der Waals surface area contributed by atoms with Crippen molar-refractivity contribution in [3.63, 3.8) is 0 Å². The Balaban J connectivity index is 1.95. The highest BCUT2D eigenvalue weighted by Gasteiger charge is 2.55. The molecule has 8 heteroatoms. The first kappa shape index (κ1) is 16.8. The molecule has 1 saturated carbocycles. The van der Waals surface area contributed by atoms with E-state index in [1.54, 1.807) is 6.92 Å². The summed E-state index contributed by atoms with van der Waals surface area (Å²) in [4.78, 5) is 26.0. The van der Waals surface area contributed by atoms with Gasteiger partial charge in [0.15, 0.2) is 0 Å². The number of pyridine rings is 1. The third-order valence-corrected chi connectivity index (χ3v) is 4.70. The van der Waals surface area contributed by atoms with Gasteiger partial charge in [0.2, 0.25) is 0 Å². The number of rotatable bonds is 4. The molecule has 0 spiro atoms. The third kappa shape index (κ3) is 3.11. The first-order chi connectivity index (χ1) is 11.3. The second-order valence-electron chi connectivity index (χ2n) is 6.63. The third-order valence-electron chi connectivity index (χ3n) is 4.70. The van der Waals surface area contributed by atoms with Crippen molar-refractivity contribution >= 4 is 11.7 Å². The van der Waals surface area contributed by atoms with Gasteiger partial charge in [-0.1, -0.05) is 0 Å². The second kappa shape index (κ2) is 6.10. The van der Waals surface area contributed by atoms with Crippen LogP contribution in [0.2, 0.25) is 0 Å². The number of nitro groups is 1. The molecule has 4 atom stereocenters. The molecule has 3 rings (SSSR count). The molecule has 2 fully saturated rings. The molecular weight excluding hydrogens is 316 g/mol. The zero-order valence-corrected chi connectivity index (χ0v) is 13.5. The Kier molecular flexibility index (Phi) is 4.27. The number of ether oxygens (including phenoxy) is 2. The van der Waals surface area contributed by atoms with Crippen molar-refractivity contribution in [3.05, 3.63) is 34.1 Å². The van der Waals surface area contributed by atoms with E-state index in [4.69, 9.17) is 9.47 Å². The average molecular weight is 336 g/mol. The predicted octanol–water partition coefficient (Wildman–Crippen LogP) is 1.91. The van der Waals surface area contributed by atoms with Gasteiger partial charge in [-0.15, -0.1) is 0 Å². The predicted molar refractivity (Wildman–Crippen MR) is 82.0 cm³/mol. The van der Waals surface area contributed by atoms with Gasteiger partial charge in [-0.3, -0.25) is 19.9 Å². The van der Waals surface area contributed by atoms with E-state index in [1.165, 1.54) is 25.4 Å². The molecule has 8 nitrogen and oxygen atoms in total. The summed E-state index contributed by atoms with van der Waals surface area (Å²) in [5, 5.41) is 22.1. The monoisotopic (exact) mass is 336 g/mol. The Hall–Kier alpha value is -2.06. The summed E-state index contributed by atoms with van der Waals surface area (Å²) in [7, 11) is 0. The number of hydrogen-bond donors (Lipinski definition) is 1. The Morgan fingerprint density at radius 2 is 2.25 bits per heavy atom. The van der Waals surface area contributed by atoms with Gasteiger partial charge in [0.25, 0.3) is 5.69 Å². The van der Waals surface area contributed by atoms with Gasteiger partial charge in [-0.2, -0.15) is 0 Å². The molecule has 130 valence electrons. The summed E-state index contributed by atoms with van der Waals surface area (Å²) in [5.41, 5.74) is -1.08. The van der Waals surface area contributed by atoms with Crippen LogP contribution in [0.1, 0.15) is 44.8 Å². The van der Waals surface area contributed by atoms with Crippen LogP contribution >= 0.6 is 0 Å². The molecule has 0 unspecified atom stereocenters. The van der Waals surface area contributed by atoms with Crippen LogP contribution in [-0.2, 0) is 14.3 Å². The largest absolute Gasteiger partial charge is 0.459 e. The van der Waals surface area contributed by atoms with Crippen molar-refractivity contribution in [2.45, 2.75) is 57.0 Å². The lowest BCUT2D eigenvalue weighted by molar-refractivity contribution is -0.387. The zero-order chi connectivity index (χ0) is 17.5. The SMILES string of the molecule is CC(=O)O[C@@H]1C[C@H](c2ccncc2[N+](=O)[O-])O[C@H](C2CC2)[C@@]1(C)O. The summed E-state index contributed by atoms with van der Waals surface area (Å²) in [6, 6.07) is 1.54. The van der Waals surface area contributed by atoms with Crippen molar-refractivity contribution in [2.24, 2.45) is 5.92 Å². The Morgan fingerprint density at radius 3 is 2.83 bits per heavy atom. The second-order valence-corrected chi connectivity index (χ2v) is 6.63. The Bertz CT molecular complexity index is 658. The number of carbonyl (C=O) groups excluding carboxylic acids is 1. The van der Waals surface area contributed by atoms with E-state index in [-0.39, 0.29) is 18.0 Å². The number of esters is 1. The minimum Gasteiger partial charge on any atom is -0.459 e. The molecule has 0 amide bonds. The molecule has 1 aliphatic heterocycles. The number of nitrogens with zero attached hydrogens (tertiary/aromatic N) is 2. The van der Waals surface area contributed by atoms with Crippen molar-refractivity contribution in [1.82, 2.24) is 4.98 Å². The fraction of sp³-hybridized carbons (Fsp3) is 0.625. The number of hydrogen-bond acceptors (Lipinski definition) is 7. The van der Waals surface area contributed by atoms with Gasteiger partial charge >= 0.3 is 5.97 Å². The fourth-order valence-electron chi connectivity index (χ4n) is 3.36. The molecule has 1 aromatic rings. The van der Waals surface area contributed by atoms with E-state index in [0.717, 1.165) is 12.8 Å². The molecule has 2 aliphatic rings. The topological polar surface area (TPSA) is 112 Å². The first-order valence-electron chi connectivity index (χ1n) is 7.94. The maximum absolute atomic E-state index is 11.4. The molecule has 0 bridgehead atoms. The number of carbonyl (C=O) groups is 1. The smallest absolute Gasteiger partial charge is 0.303 e. The van der Waals surface area contributed by atoms with Crippen LogP contribution in [0.5, 0.6) is 0 Å². The van der Waals surface area contributed by atoms with Crippen molar-refractivity contribution in [1.29, 1.82) is 0 Å². The molecule has 1 aromatic heterocycles. The molecule has 1 N–H and O–H groups in total. The standard InChI is InChI=1S/C16H20N2O6/c1-9(19)23-14-7-13(11-5-6-17-8-12(11)18(21)22)24-15(10-3-4-10)16(14,2)20/h5-6,8,10,13-15,20H,3-4,7H2,1-2H3/t13-,14-,15-,16+/m1/s1. The lowest BCUT2D eigenvalue weighted by atomic mass is 9.81. The van der Waals surface area contributed by atoms with Crippen LogP contribution in [0, 0.1) is 16.0 Å². The summed E-state index contributed by atoms with van der Waals surface area (Å²) in [6.45, 7) is 2.88. The summed E-state index contributed by atoms with van der Waals surface area (Å²) in [6.07, 6.45) is 2.67. The van der Waals surface area contributed by atoms with Crippen molar-refractivity contribution < 1.29 is 24.3 Å². The van der Waals surface area contributed by atoms with E-state index >= 15 is 0 Å². The minimum absolute atomic E-state index is 0.139. The van der Waals surface area contributed by atoms with Crippen molar-refractivity contribution in [3.8, 4) is 0 Å². The van der Waals surface area contributed by atoms with Gasteiger partial charge in [0.1, 0.15) is 17.9 Å². The van der Waals surface area contributed by atoms with Gasteiger partial charge in [0, 0.05) is 19.5 Å². The highest BCUT2D eigenvalue weighted by atomic mass is 16.6. The van der Waals surface area contributed by atoms with Crippen LogP contribution in [-0.4, -0.2) is 38.8 Å². The first-order valence-corrected chi connectivity index (χ1v) is 7.94. The summed E-state index contributed by atoms with van der Waals surface area (Å²) < 4.78 is 11.4. The fourth-order valence-corrected chi connectivity index (χ4v) is 3.36. The molecule has 0 radical (unpaired) electrons. The summed E-state index contributed by atoms with van der Waals surface area (Å²) in [5.74, 6) is -0.332. The van der Waals surface area contributed by atoms with Crippen LogP contribution in [0.15, 0.2) is 18.5 Å². The van der Waals surface area contributed by atoms with Gasteiger partial charge < -0.3 is 14.6 Å². The molecule has 1 saturated heterocycles. The van der Waals surface area contributed by atoms with Crippen LogP contribution < -0.4 is 0 Å². The molecule has 24 heavy (non-hydrogen) atoms. The molecular formula is C16H20N2O6. The van der Waals surface area contributed by atoms with Gasteiger partial charge in [-0.25, -0.2) is 0 Å². The summed E-state index contributed by atoms with van der Waals surface area (Å²) >= 11 is 0. The Morgan fingerprint density at radius 1 is 1.54 bits per heavy atom. The van der Waals surface area contributed by atoms with Gasteiger partial charge in [-0.05, 0) is 31.7 Å². The van der Waals surface area contributed by atoms with Crippen LogP contribution in [0.3, 0.4) is 0 Å². The highest BCUT2D eigenvalue weighted by Crippen LogP contribution is 2.48. The van der Waals surface area contributed by atoms with E-state index in [1.807, 2.05) is 0 Å². The van der Waals surface area contributed by atoms with Crippen LogP contribution in [0.4, 0.5) is 5.69 Å². The zero-order valence-electron chi connectivity index (χ0n) is 13.5. The minimum atomic E-state index is -1.33. The van der Waals surface area contributed by atoms with E-state index < -0.39 is 34.8 Å². The Labute approximate surface area is 138 Å². The molecule has 2 heterocycles. The van der Waals surface area contributed by atoms with E-state index in [9.17, 15) is 20.0 Å². The molecule has 0 aromatic carbocycles. The van der Waals surface area contributed by atoms with Crippen LogP contribution in [0.25, 0.3) is 0 Å². The average Bonchev–Trinajstić information content (AvgIpc) is 3.33. The lowest BCUT2D eigenvalue weighted by Gasteiger charge is -2.45.